The summed E-state index contributed by atoms with van der Waals surface area (Å²) in [7, 11) is 0. The lowest BCUT2D eigenvalue weighted by molar-refractivity contribution is -0.130. The highest BCUT2D eigenvalue weighted by Crippen LogP contribution is 2.25. The second kappa shape index (κ2) is 8.96. The van der Waals surface area contributed by atoms with E-state index >= 15 is 0 Å². The van der Waals surface area contributed by atoms with Gasteiger partial charge in [0, 0.05) is 38.6 Å². The van der Waals surface area contributed by atoms with Gasteiger partial charge in [-0.15, -0.1) is 0 Å². The van der Waals surface area contributed by atoms with Crippen LogP contribution in [-0.2, 0) is 17.8 Å². The van der Waals surface area contributed by atoms with Crippen molar-refractivity contribution in [3.63, 3.8) is 0 Å². The number of aromatic amines is 1. The molecule has 4 rings (SSSR count). The van der Waals surface area contributed by atoms with E-state index in [4.69, 9.17) is 0 Å². The number of benzene rings is 1. The third kappa shape index (κ3) is 4.86. The van der Waals surface area contributed by atoms with Crippen LogP contribution >= 0.6 is 0 Å². The van der Waals surface area contributed by atoms with Gasteiger partial charge in [-0.05, 0) is 30.5 Å². The molecule has 1 amide bonds. The molecular formula is C22H26N6O. The largest absolute Gasteiger partial charge is 0.340 e. The van der Waals surface area contributed by atoms with Crippen molar-refractivity contribution in [1.82, 2.24) is 30.0 Å². The van der Waals surface area contributed by atoms with Gasteiger partial charge in [0.2, 0.25) is 5.91 Å². The Kier molecular flexibility index (Phi) is 5.95. The summed E-state index contributed by atoms with van der Waals surface area (Å²) in [6.07, 6.45) is 4.77. The minimum absolute atomic E-state index is 0.0412. The molecule has 0 spiro atoms. The van der Waals surface area contributed by atoms with Gasteiger partial charge in [-0.3, -0.25) is 19.8 Å². The lowest BCUT2D eigenvalue weighted by Gasteiger charge is -2.30. The van der Waals surface area contributed by atoms with Crippen LogP contribution in [0.3, 0.4) is 0 Å². The van der Waals surface area contributed by atoms with Crippen molar-refractivity contribution in [3.8, 4) is 0 Å². The van der Waals surface area contributed by atoms with E-state index < -0.39 is 0 Å². The number of hydrogen-bond donors (Lipinski definition) is 1. The predicted octanol–water partition coefficient (Wildman–Crippen LogP) is 2.53. The molecular weight excluding hydrogens is 364 g/mol. The molecule has 0 saturated carbocycles. The van der Waals surface area contributed by atoms with E-state index in [9.17, 15) is 4.79 Å². The average Bonchev–Trinajstić information content (AvgIpc) is 3.06. The molecule has 3 heterocycles. The van der Waals surface area contributed by atoms with Gasteiger partial charge in [-0.1, -0.05) is 36.4 Å². The highest BCUT2D eigenvalue weighted by molar-refractivity contribution is 5.78. The number of carbonyl (C=O) groups is 1. The number of nitrogens with zero attached hydrogens (tertiary/aromatic N) is 5. The summed E-state index contributed by atoms with van der Waals surface area (Å²) in [5, 5.41) is 7.38. The summed E-state index contributed by atoms with van der Waals surface area (Å²) in [4.78, 5) is 26.0. The van der Waals surface area contributed by atoms with Crippen LogP contribution in [0.25, 0.3) is 0 Å². The monoisotopic (exact) mass is 390 g/mol. The first-order valence-electron chi connectivity index (χ1n) is 10.0. The minimum atomic E-state index is -0.0412. The average molecular weight is 390 g/mol. The maximum absolute atomic E-state index is 13.0. The molecule has 3 aromatic rings. The van der Waals surface area contributed by atoms with Gasteiger partial charge < -0.3 is 4.90 Å². The molecule has 2 aromatic heterocycles. The third-order valence-electron chi connectivity index (χ3n) is 5.28. The third-order valence-corrected chi connectivity index (χ3v) is 5.28. The number of aryl methyl sites for hydroxylation is 1. The van der Waals surface area contributed by atoms with Gasteiger partial charge in [-0.2, -0.15) is 5.10 Å². The smallest absolute Gasteiger partial charge is 0.227 e. The number of hydrogen-bond acceptors (Lipinski definition) is 5. The fraction of sp³-hybridized carbons (Fsp3) is 0.364. The first-order valence-corrected chi connectivity index (χ1v) is 10.0. The molecule has 7 heteroatoms. The normalized spacial score (nSPS) is 17.8. The molecule has 1 saturated heterocycles. The Labute approximate surface area is 170 Å². The molecule has 7 nitrogen and oxygen atoms in total. The molecule has 1 aliphatic rings. The lowest BCUT2D eigenvalue weighted by Crippen LogP contribution is -2.38. The van der Waals surface area contributed by atoms with E-state index in [1.807, 2.05) is 30.0 Å². The number of pyridine rings is 1. The number of H-pyrrole nitrogens is 1. The van der Waals surface area contributed by atoms with Gasteiger partial charge in [0.05, 0.1) is 12.5 Å². The first kappa shape index (κ1) is 19.3. The van der Waals surface area contributed by atoms with E-state index in [2.05, 4.69) is 49.3 Å². The summed E-state index contributed by atoms with van der Waals surface area (Å²) in [6, 6.07) is 14.2. The molecule has 0 aliphatic carbocycles. The zero-order valence-corrected chi connectivity index (χ0v) is 16.7. The number of carbonyl (C=O) groups excluding carboxylic acids is 1. The number of aromatic nitrogens is 4. The Morgan fingerprint density at radius 2 is 1.97 bits per heavy atom. The fourth-order valence-corrected chi connectivity index (χ4v) is 3.81. The van der Waals surface area contributed by atoms with Gasteiger partial charge >= 0.3 is 0 Å². The van der Waals surface area contributed by atoms with Crippen LogP contribution < -0.4 is 0 Å². The van der Waals surface area contributed by atoms with Crippen LogP contribution in [0.5, 0.6) is 0 Å². The van der Waals surface area contributed by atoms with Gasteiger partial charge in [0.25, 0.3) is 0 Å². The SMILES string of the molecule is Cc1nc([C@@H]2CN(C(=O)Cc3cccnc3)CCCN2Cc2ccccc2)n[nH]1. The maximum atomic E-state index is 13.0. The fourth-order valence-electron chi connectivity index (χ4n) is 3.81. The van der Waals surface area contributed by atoms with Crippen LogP contribution in [-0.4, -0.2) is 55.5 Å². The van der Waals surface area contributed by atoms with Crippen molar-refractivity contribution >= 4 is 5.91 Å². The van der Waals surface area contributed by atoms with Gasteiger partial charge in [0.15, 0.2) is 5.82 Å². The lowest BCUT2D eigenvalue weighted by atomic mass is 10.1. The van der Waals surface area contributed by atoms with E-state index in [0.29, 0.717) is 13.0 Å². The quantitative estimate of drug-likeness (QED) is 0.724. The van der Waals surface area contributed by atoms with Crippen molar-refractivity contribution in [3.05, 3.63) is 77.6 Å². The number of rotatable bonds is 5. The molecule has 0 bridgehead atoms. The minimum Gasteiger partial charge on any atom is -0.340 e. The van der Waals surface area contributed by atoms with Crippen molar-refractivity contribution in [1.29, 1.82) is 0 Å². The highest BCUT2D eigenvalue weighted by Gasteiger charge is 2.31. The number of nitrogens with one attached hydrogen (secondary N) is 1. The van der Waals surface area contributed by atoms with E-state index in [1.54, 1.807) is 12.4 Å². The second-order valence-electron chi connectivity index (χ2n) is 7.48. The zero-order valence-electron chi connectivity index (χ0n) is 16.7. The Bertz CT molecular complexity index is 927. The van der Waals surface area contributed by atoms with Crippen molar-refractivity contribution in [2.24, 2.45) is 0 Å². The molecule has 1 atom stereocenters. The Balaban J connectivity index is 1.54. The zero-order chi connectivity index (χ0) is 20.1. The van der Waals surface area contributed by atoms with Crippen LogP contribution in [0.2, 0.25) is 0 Å². The Morgan fingerprint density at radius 3 is 2.69 bits per heavy atom. The van der Waals surface area contributed by atoms with Gasteiger partial charge in [0.1, 0.15) is 5.82 Å². The van der Waals surface area contributed by atoms with Crippen LogP contribution in [0.1, 0.15) is 35.2 Å². The number of amides is 1. The van der Waals surface area contributed by atoms with Gasteiger partial charge in [-0.25, -0.2) is 4.98 Å². The molecule has 1 aliphatic heterocycles. The summed E-state index contributed by atoms with van der Waals surface area (Å²) in [5.41, 5.74) is 2.19. The predicted molar refractivity (Wildman–Crippen MR) is 110 cm³/mol. The molecule has 29 heavy (non-hydrogen) atoms. The van der Waals surface area contributed by atoms with Crippen molar-refractivity contribution in [2.75, 3.05) is 19.6 Å². The summed E-state index contributed by atoms with van der Waals surface area (Å²) < 4.78 is 0. The first-order chi connectivity index (χ1) is 14.2. The van der Waals surface area contributed by atoms with Crippen LogP contribution in [0.4, 0.5) is 0 Å². The van der Waals surface area contributed by atoms with Crippen molar-refractivity contribution < 1.29 is 4.79 Å². The summed E-state index contributed by atoms with van der Waals surface area (Å²) >= 11 is 0. The molecule has 1 N–H and O–H groups in total. The molecule has 150 valence electrons. The molecule has 1 fully saturated rings. The maximum Gasteiger partial charge on any atom is 0.227 e. The van der Waals surface area contributed by atoms with Crippen molar-refractivity contribution in [2.45, 2.75) is 32.4 Å². The van der Waals surface area contributed by atoms with Crippen LogP contribution in [0.15, 0.2) is 54.9 Å². The molecule has 0 radical (unpaired) electrons. The van der Waals surface area contributed by atoms with E-state index in [1.165, 1.54) is 5.56 Å². The molecule has 0 unspecified atom stereocenters. The highest BCUT2D eigenvalue weighted by atomic mass is 16.2. The standard InChI is InChI=1S/C22H26N6O/c1-17-24-22(26-25-17)20-16-28(21(29)13-19-9-5-10-23-14-19)12-6-11-27(20)15-18-7-3-2-4-8-18/h2-5,7-10,14,20H,6,11-13,15-16H2,1H3,(H,24,25,26)/t20-/m0/s1. The van der Waals surface area contributed by atoms with Crippen LogP contribution in [0, 0.1) is 6.92 Å². The Hall–Kier alpha value is -3.06. The van der Waals surface area contributed by atoms with E-state index in [-0.39, 0.29) is 11.9 Å². The summed E-state index contributed by atoms with van der Waals surface area (Å²) in [6.45, 7) is 4.93. The second-order valence-corrected chi connectivity index (χ2v) is 7.48. The topological polar surface area (TPSA) is 78.0 Å². The molecule has 1 aromatic carbocycles. The summed E-state index contributed by atoms with van der Waals surface area (Å²) in [5.74, 6) is 1.66. The van der Waals surface area contributed by atoms with E-state index in [0.717, 1.165) is 43.3 Å². The Morgan fingerprint density at radius 1 is 1.14 bits per heavy atom.